The molecular formula is C11H7BrF3NS. The van der Waals surface area contributed by atoms with Gasteiger partial charge in [-0.05, 0) is 40.5 Å². The van der Waals surface area contributed by atoms with Crippen LogP contribution in [0, 0.1) is 6.92 Å². The first-order valence-corrected chi connectivity index (χ1v) is 6.34. The smallest absolute Gasteiger partial charge is 0.229 e. The lowest BCUT2D eigenvalue weighted by molar-refractivity contribution is -0.137. The zero-order valence-corrected chi connectivity index (χ0v) is 11.1. The van der Waals surface area contributed by atoms with E-state index in [1.807, 2.05) is 0 Å². The second kappa shape index (κ2) is 4.42. The predicted octanol–water partition coefficient (Wildman–Crippen LogP) is 4.90. The monoisotopic (exact) mass is 321 g/mol. The van der Waals surface area contributed by atoms with Gasteiger partial charge in [0, 0.05) is 10.9 Å². The van der Waals surface area contributed by atoms with Crippen LogP contribution in [-0.4, -0.2) is 4.98 Å². The molecule has 0 atom stereocenters. The lowest BCUT2D eigenvalue weighted by atomic mass is 10.1. The summed E-state index contributed by atoms with van der Waals surface area (Å²) in [4.78, 5) is 4.19. The van der Waals surface area contributed by atoms with Gasteiger partial charge in [-0.3, -0.25) is 0 Å². The van der Waals surface area contributed by atoms with Crippen LogP contribution in [0.15, 0.2) is 28.2 Å². The lowest BCUT2D eigenvalue weighted by Gasteiger charge is -2.09. The first-order valence-electron chi connectivity index (χ1n) is 4.67. The molecule has 17 heavy (non-hydrogen) atoms. The average molecular weight is 322 g/mol. The van der Waals surface area contributed by atoms with E-state index in [4.69, 9.17) is 0 Å². The Morgan fingerprint density at radius 2 is 2.00 bits per heavy atom. The SMILES string of the molecule is Cc1cc(C(F)(F)F)ccc1-c1nc(Br)cs1. The fourth-order valence-corrected chi connectivity index (χ4v) is 2.80. The highest BCUT2D eigenvalue weighted by atomic mass is 79.9. The molecule has 0 saturated heterocycles. The molecule has 1 aromatic carbocycles. The van der Waals surface area contributed by atoms with Crippen molar-refractivity contribution in [1.29, 1.82) is 0 Å². The number of thiazole rings is 1. The third-order valence-corrected chi connectivity index (χ3v) is 3.85. The minimum absolute atomic E-state index is 0.571. The van der Waals surface area contributed by atoms with E-state index >= 15 is 0 Å². The molecule has 2 rings (SSSR count). The van der Waals surface area contributed by atoms with Gasteiger partial charge in [-0.15, -0.1) is 11.3 Å². The van der Waals surface area contributed by atoms with Gasteiger partial charge in [0.2, 0.25) is 0 Å². The summed E-state index contributed by atoms with van der Waals surface area (Å²) in [6.45, 7) is 1.65. The van der Waals surface area contributed by atoms with Crippen LogP contribution in [0.25, 0.3) is 10.6 Å². The molecule has 0 bridgehead atoms. The van der Waals surface area contributed by atoms with E-state index in [1.165, 1.54) is 17.4 Å². The molecule has 0 unspecified atom stereocenters. The van der Waals surface area contributed by atoms with Crippen LogP contribution in [0.3, 0.4) is 0 Å². The van der Waals surface area contributed by atoms with E-state index in [1.54, 1.807) is 12.3 Å². The van der Waals surface area contributed by atoms with Gasteiger partial charge < -0.3 is 0 Å². The molecule has 0 aliphatic rings. The molecule has 0 saturated carbocycles. The van der Waals surface area contributed by atoms with Crippen molar-refractivity contribution >= 4 is 27.3 Å². The number of nitrogens with zero attached hydrogens (tertiary/aromatic N) is 1. The average Bonchev–Trinajstić information content (AvgIpc) is 2.63. The molecule has 0 radical (unpaired) electrons. The summed E-state index contributed by atoms with van der Waals surface area (Å²) in [6.07, 6.45) is -4.30. The third-order valence-electron chi connectivity index (χ3n) is 2.26. The fraction of sp³-hybridized carbons (Fsp3) is 0.182. The van der Waals surface area contributed by atoms with E-state index in [2.05, 4.69) is 20.9 Å². The molecule has 90 valence electrons. The van der Waals surface area contributed by atoms with Gasteiger partial charge in [0.15, 0.2) is 0 Å². The Kier molecular flexibility index (Phi) is 3.27. The summed E-state index contributed by atoms with van der Waals surface area (Å²) in [5.74, 6) is 0. The van der Waals surface area contributed by atoms with Crippen LogP contribution in [0.5, 0.6) is 0 Å². The highest BCUT2D eigenvalue weighted by Crippen LogP contribution is 2.34. The Morgan fingerprint density at radius 1 is 1.29 bits per heavy atom. The van der Waals surface area contributed by atoms with Gasteiger partial charge in [0.1, 0.15) is 9.61 Å². The standard InChI is InChI=1S/C11H7BrF3NS/c1-6-4-7(11(13,14)15)2-3-8(6)10-16-9(12)5-17-10/h2-5H,1H3. The number of hydrogen-bond donors (Lipinski definition) is 0. The summed E-state index contributed by atoms with van der Waals surface area (Å²) in [7, 11) is 0. The third kappa shape index (κ3) is 2.69. The molecular weight excluding hydrogens is 315 g/mol. The first kappa shape index (κ1) is 12.6. The number of aromatic nitrogens is 1. The molecule has 6 heteroatoms. The maximum absolute atomic E-state index is 12.5. The van der Waals surface area contributed by atoms with Crippen molar-refractivity contribution < 1.29 is 13.2 Å². The first-order chi connectivity index (χ1) is 7.88. The number of alkyl halides is 3. The van der Waals surface area contributed by atoms with Gasteiger partial charge in [-0.1, -0.05) is 6.07 Å². The van der Waals surface area contributed by atoms with Crippen molar-refractivity contribution in [3.05, 3.63) is 39.3 Å². The molecule has 0 amide bonds. The second-order valence-electron chi connectivity index (χ2n) is 3.50. The number of rotatable bonds is 1. The number of halogens is 4. The minimum atomic E-state index is -4.30. The Hall–Kier alpha value is -0.880. The van der Waals surface area contributed by atoms with Crippen LogP contribution in [-0.2, 0) is 6.18 Å². The Bertz CT molecular complexity index is 548. The normalized spacial score (nSPS) is 11.8. The van der Waals surface area contributed by atoms with Gasteiger partial charge in [-0.25, -0.2) is 4.98 Å². The molecule has 1 nitrogen and oxygen atoms in total. The summed E-state index contributed by atoms with van der Waals surface area (Å²) in [5.41, 5.74) is 0.671. The van der Waals surface area contributed by atoms with Gasteiger partial charge in [0.05, 0.1) is 5.56 Å². The minimum Gasteiger partial charge on any atom is -0.229 e. The maximum atomic E-state index is 12.5. The van der Waals surface area contributed by atoms with Gasteiger partial charge in [0.25, 0.3) is 0 Å². The van der Waals surface area contributed by atoms with E-state index in [-0.39, 0.29) is 0 Å². The maximum Gasteiger partial charge on any atom is 0.416 e. The van der Waals surface area contributed by atoms with Crippen molar-refractivity contribution in [3.63, 3.8) is 0 Å². The van der Waals surface area contributed by atoms with Gasteiger partial charge >= 0.3 is 6.18 Å². The molecule has 0 N–H and O–H groups in total. The van der Waals surface area contributed by atoms with E-state index in [0.29, 0.717) is 15.2 Å². The van der Waals surface area contributed by atoms with Crippen molar-refractivity contribution in [3.8, 4) is 10.6 Å². The molecule has 1 aromatic heterocycles. The van der Waals surface area contributed by atoms with Crippen LogP contribution in [0.2, 0.25) is 0 Å². The number of benzene rings is 1. The van der Waals surface area contributed by atoms with Crippen molar-refractivity contribution in [1.82, 2.24) is 4.98 Å². The number of hydrogen-bond acceptors (Lipinski definition) is 2. The summed E-state index contributed by atoms with van der Waals surface area (Å²) in [5, 5.41) is 2.51. The van der Waals surface area contributed by atoms with Crippen LogP contribution in [0.1, 0.15) is 11.1 Å². The summed E-state index contributed by atoms with van der Waals surface area (Å²) in [6, 6.07) is 3.69. The topological polar surface area (TPSA) is 12.9 Å². The van der Waals surface area contributed by atoms with E-state index < -0.39 is 11.7 Å². The van der Waals surface area contributed by atoms with Crippen molar-refractivity contribution in [2.45, 2.75) is 13.1 Å². The highest BCUT2D eigenvalue weighted by molar-refractivity contribution is 9.10. The van der Waals surface area contributed by atoms with Gasteiger partial charge in [-0.2, -0.15) is 13.2 Å². The highest BCUT2D eigenvalue weighted by Gasteiger charge is 2.30. The quantitative estimate of drug-likeness (QED) is 0.728. The molecule has 0 aliphatic heterocycles. The Morgan fingerprint density at radius 3 is 2.47 bits per heavy atom. The van der Waals surface area contributed by atoms with E-state index in [0.717, 1.165) is 17.7 Å². The van der Waals surface area contributed by atoms with Crippen LogP contribution in [0.4, 0.5) is 13.2 Å². The predicted molar refractivity (Wildman–Crippen MR) is 65.0 cm³/mol. The van der Waals surface area contributed by atoms with Crippen LogP contribution >= 0.6 is 27.3 Å². The van der Waals surface area contributed by atoms with E-state index in [9.17, 15) is 13.2 Å². The second-order valence-corrected chi connectivity index (χ2v) is 5.17. The molecule has 0 aliphatic carbocycles. The summed E-state index contributed by atoms with van der Waals surface area (Å²) >= 11 is 4.61. The molecule has 0 fully saturated rings. The molecule has 1 heterocycles. The lowest BCUT2D eigenvalue weighted by Crippen LogP contribution is -2.05. The van der Waals surface area contributed by atoms with Crippen molar-refractivity contribution in [2.75, 3.05) is 0 Å². The molecule has 2 aromatic rings. The number of aryl methyl sites for hydroxylation is 1. The molecule has 0 spiro atoms. The zero-order chi connectivity index (χ0) is 12.6. The summed E-state index contributed by atoms with van der Waals surface area (Å²) < 4.78 is 38.1. The fourth-order valence-electron chi connectivity index (χ4n) is 1.46. The Labute approximate surface area is 108 Å². The van der Waals surface area contributed by atoms with Crippen molar-refractivity contribution in [2.24, 2.45) is 0 Å². The zero-order valence-electron chi connectivity index (χ0n) is 8.68. The Balaban J connectivity index is 2.45. The van der Waals surface area contributed by atoms with Crippen LogP contribution < -0.4 is 0 Å². The largest absolute Gasteiger partial charge is 0.416 e.